The molecule has 0 bridgehead atoms. The Labute approximate surface area is 121 Å². The summed E-state index contributed by atoms with van der Waals surface area (Å²) >= 11 is 3.62. The molecular formula is C16H15BrN2. The van der Waals surface area contributed by atoms with Crippen LogP contribution < -0.4 is 5.32 Å². The van der Waals surface area contributed by atoms with Gasteiger partial charge in [-0.25, -0.2) is 0 Å². The number of fused-ring (bicyclic) bond motifs is 1. The summed E-state index contributed by atoms with van der Waals surface area (Å²) in [6.07, 6.45) is 1.97. The van der Waals surface area contributed by atoms with Crippen LogP contribution in [0.25, 0.3) is 10.9 Å². The maximum absolute atomic E-state index is 3.62. The van der Waals surface area contributed by atoms with E-state index in [1.165, 1.54) is 22.0 Å². The van der Waals surface area contributed by atoms with E-state index in [1.807, 2.05) is 6.20 Å². The number of hydrogen-bond acceptors (Lipinski definition) is 1. The van der Waals surface area contributed by atoms with Gasteiger partial charge >= 0.3 is 0 Å². The Morgan fingerprint density at radius 1 is 1.16 bits per heavy atom. The first-order chi connectivity index (χ1) is 9.24. The van der Waals surface area contributed by atoms with Crippen molar-refractivity contribution in [2.45, 2.75) is 13.5 Å². The predicted octanol–water partition coefficient (Wildman–Crippen LogP) is 4.85. The summed E-state index contributed by atoms with van der Waals surface area (Å²) in [6, 6.07) is 14.8. The molecule has 3 heteroatoms. The largest absolute Gasteiger partial charge is 0.380 e. The van der Waals surface area contributed by atoms with Gasteiger partial charge < -0.3 is 10.3 Å². The zero-order valence-corrected chi connectivity index (χ0v) is 12.3. The van der Waals surface area contributed by atoms with E-state index >= 15 is 0 Å². The van der Waals surface area contributed by atoms with Crippen LogP contribution in [0.5, 0.6) is 0 Å². The molecule has 96 valence electrons. The predicted molar refractivity (Wildman–Crippen MR) is 84.5 cm³/mol. The summed E-state index contributed by atoms with van der Waals surface area (Å²) in [5, 5.41) is 4.72. The molecule has 19 heavy (non-hydrogen) atoms. The third-order valence-electron chi connectivity index (χ3n) is 3.29. The minimum atomic E-state index is 0.816. The van der Waals surface area contributed by atoms with Gasteiger partial charge in [-0.1, -0.05) is 24.3 Å². The van der Waals surface area contributed by atoms with Crippen molar-refractivity contribution in [3.63, 3.8) is 0 Å². The lowest BCUT2D eigenvalue weighted by molar-refractivity contribution is 1.15. The van der Waals surface area contributed by atoms with Crippen LogP contribution in [0.4, 0.5) is 5.69 Å². The minimum Gasteiger partial charge on any atom is -0.380 e. The van der Waals surface area contributed by atoms with Crippen LogP contribution >= 0.6 is 15.9 Å². The molecule has 0 aliphatic heterocycles. The molecule has 0 aliphatic carbocycles. The lowest BCUT2D eigenvalue weighted by Crippen LogP contribution is -2.00. The SMILES string of the molecule is Cc1cccc(NCc2ccc3cc[nH]c3c2)c1Br. The smallest absolute Gasteiger partial charge is 0.0490 e. The lowest BCUT2D eigenvalue weighted by Gasteiger charge is -2.10. The van der Waals surface area contributed by atoms with Crippen molar-refractivity contribution in [2.75, 3.05) is 5.32 Å². The van der Waals surface area contributed by atoms with Crippen molar-refractivity contribution < 1.29 is 0 Å². The number of rotatable bonds is 3. The van der Waals surface area contributed by atoms with Crippen LogP contribution in [-0.2, 0) is 6.54 Å². The molecule has 3 rings (SSSR count). The molecule has 2 N–H and O–H groups in total. The summed E-state index contributed by atoms with van der Waals surface area (Å²) in [5.74, 6) is 0. The van der Waals surface area contributed by atoms with Gasteiger partial charge in [0.25, 0.3) is 0 Å². The van der Waals surface area contributed by atoms with Crippen LogP contribution in [0, 0.1) is 6.92 Å². The maximum Gasteiger partial charge on any atom is 0.0490 e. The molecule has 2 aromatic carbocycles. The molecule has 1 heterocycles. The normalized spacial score (nSPS) is 10.8. The summed E-state index contributed by atoms with van der Waals surface area (Å²) in [5.41, 5.74) is 4.82. The summed E-state index contributed by atoms with van der Waals surface area (Å²) in [7, 11) is 0. The number of halogens is 1. The molecule has 0 atom stereocenters. The number of aromatic amines is 1. The van der Waals surface area contributed by atoms with Crippen molar-refractivity contribution in [1.82, 2.24) is 4.98 Å². The average molecular weight is 315 g/mol. The average Bonchev–Trinajstić information content (AvgIpc) is 2.88. The van der Waals surface area contributed by atoms with Gasteiger partial charge in [0.1, 0.15) is 0 Å². The van der Waals surface area contributed by atoms with Crippen LogP contribution in [0.3, 0.4) is 0 Å². The van der Waals surface area contributed by atoms with Crippen LogP contribution in [0.2, 0.25) is 0 Å². The highest BCUT2D eigenvalue weighted by molar-refractivity contribution is 9.10. The zero-order chi connectivity index (χ0) is 13.2. The van der Waals surface area contributed by atoms with Crippen molar-refractivity contribution >= 4 is 32.5 Å². The second-order valence-corrected chi connectivity index (χ2v) is 5.48. The van der Waals surface area contributed by atoms with E-state index in [0.717, 1.165) is 16.7 Å². The summed E-state index contributed by atoms with van der Waals surface area (Å²) in [4.78, 5) is 3.24. The Morgan fingerprint density at radius 3 is 2.95 bits per heavy atom. The van der Waals surface area contributed by atoms with Gasteiger partial charge in [-0.2, -0.15) is 0 Å². The Hall–Kier alpha value is -1.74. The van der Waals surface area contributed by atoms with Crippen molar-refractivity contribution in [3.05, 3.63) is 64.3 Å². The first kappa shape index (κ1) is 12.3. The fourth-order valence-corrected chi connectivity index (χ4v) is 2.59. The molecule has 1 aromatic heterocycles. The van der Waals surface area contributed by atoms with E-state index in [-0.39, 0.29) is 0 Å². The quantitative estimate of drug-likeness (QED) is 0.710. The molecule has 0 unspecified atom stereocenters. The molecule has 0 radical (unpaired) electrons. The molecule has 2 nitrogen and oxygen atoms in total. The van der Waals surface area contributed by atoms with Gasteiger partial charge in [0.05, 0.1) is 0 Å². The van der Waals surface area contributed by atoms with Gasteiger partial charge in [0.15, 0.2) is 0 Å². The number of aryl methyl sites for hydroxylation is 1. The van der Waals surface area contributed by atoms with Gasteiger partial charge in [-0.05, 0) is 57.6 Å². The zero-order valence-electron chi connectivity index (χ0n) is 10.7. The standard InChI is InChI=1S/C16H15BrN2/c1-11-3-2-4-14(16(11)17)19-10-12-5-6-13-7-8-18-15(13)9-12/h2-9,18-19H,10H2,1H3. The molecule has 0 amide bonds. The van der Waals surface area contributed by atoms with Crippen LogP contribution in [0.15, 0.2) is 53.1 Å². The summed E-state index contributed by atoms with van der Waals surface area (Å²) in [6.45, 7) is 2.91. The molecule has 3 aromatic rings. The van der Waals surface area contributed by atoms with E-state index < -0.39 is 0 Å². The fraction of sp³-hybridized carbons (Fsp3) is 0.125. The molecule has 0 saturated heterocycles. The van der Waals surface area contributed by atoms with Crippen molar-refractivity contribution in [1.29, 1.82) is 0 Å². The Balaban J connectivity index is 1.80. The number of anilines is 1. The number of benzene rings is 2. The highest BCUT2D eigenvalue weighted by atomic mass is 79.9. The van der Waals surface area contributed by atoms with Crippen molar-refractivity contribution in [2.24, 2.45) is 0 Å². The topological polar surface area (TPSA) is 27.8 Å². The van der Waals surface area contributed by atoms with Gasteiger partial charge in [0.2, 0.25) is 0 Å². The van der Waals surface area contributed by atoms with Crippen LogP contribution in [0.1, 0.15) is 11.1 Å². The van der Waals surface area contributed by atoms with Crippen molar-refractivity contribution in [3.8, 4) is 0 Å². The van der Waals surface area contributed by atoms with E-state index in [2.05, 4.69) is 75.6 Å². The second-order valence-electron chi connectivity index (χ2n) is 4.69. The molecular weight excluding hydrogens is 300 g/mol. The summed E-state index contributed by atoms with van der Waals surface area (Å²) < 4.78 is 1.14. The third kappa shape index (κ3) is 2.51. The first-order valence-electron chi connectivity index (χ1n) is 6.29. The minimum absolute atomic E-state index is 0.816. The molecule has 0 fully saturated rings. The third-order valence-corrected chi connectivity index (χ3v) is 4.35. The Morgan fingerprint density at radius 2 is 2.05 bits per heavy atom. The van der Waals surface area contributed by atoms with Gasteiger partial charge in [-0.15, -0.1) is 0 Å². The highest BCUT2D eigenvalue weighted by Crippen LogP contribution is 2.26. The van der Waals surface area contributed by atoms with Gasteiger partial charge in [0, 0.05) is 28.4 Å². The monoisotopic (exact) mass is 314 g/mol. The van der Waals surface area contributed by atoms with E-state index in [1.54, 1.807) is 0 Å². The van der Waals surface area contributed by atoms with Crippen LogP contribution in [-0.4, -0.2) is 4.98 Å². The number of hydrogen-bond donors (Lipinski definition) is 2. The Kier molecular flexibility index (Phi) is 3.30. The molecule has 0 saturated carbocycles. The first-order valence-corrected chi connectivity index (χ1v) is 7.08. The maximum atomic E-state index is 3.62. The Bertz CT molecular complexity index is 716. The molecule has 0 spiro atoms. The van der Waals surface area contributed by atoms with E-state index in [0.29, 0.717) is 0 Å². The fourth-order valence-electron chi connectivity index (χ4n) is 2.19. The molecule has 0 aliphatic rings. The second kappa shape index (κ2) is 5.10. The number of aromatic nitrogens is 1. The van der Waals surface area contributed by atoms with E-state index in [9.17, 15) is 0 Å². The van der Waals surface area contributed by atoms with Gasteiger partial charge in [-0.3, -0.25) is 0 Å². The lowest BCUT2D eigenvalue weighted by atomic mass is 10.1. The highest BCUT2D eigenvalue weighted by Gasteiger charge is 2.02. The number of nitrogens with one attached hydrogen (secondary N) is 2. The number of H-pyrrole nitrogens is 1. The van der Waals surface area contributed by atoms with E-state index in [4.69, 9.17) is 0 Å².